The Labute approximate surface area is 107 Å². The predicted molar refractivity (Wildman–Crippen MR) is 65.2 cm³/mol. The molecule has 3 aromatic heterocycles. The first-order valence-corrected chi connectivity index (χ1v) is 5.55. The number of tetrazole rings is 1. The van der Waals surface area contributed by atoms with Crippen LogP contribution >= 0.6 is 11.6 Å². The number of aromatic nitrogens is 6. The van der Waals surface area contributed by atoms with Gasteiger partial charge in [-0.1, -0.05) is 17.7 Å². The molecule has 0 aliphatic carbocycles. The van der Waals surface area contributed by atoms with Gasteiger partial charge in [-0.15, -0.1) is 15.0 Å². The highest BCUT2D eigenvalue weighted by molar-refractivity contribution is 6.31. The first-order chi connectivity index (χ1) is 8.84. The second kappa shape index (κ2) is 4.50. The summed E-state index contributed by atoms with van der Waals surface area (Å²) in [6.45, 7) is 0. The fraction of sp³-hybridized carbons (Fsp3) is 0. The van der Waals surface area contributed by atoms with Gasteiger partial charge in [-0.3, -0.25) is 4.98 Å². The number of hydrogen-bond donors (Lipinski definition) is 0. The van der Waals surface area contributed by atoms with Crippen LogP contribution in [0.15, 0.2) is 42.7 Å². The Bertz CT molecular complexity index is 666. The molecule has 88 valence electrons. The van der Waals surface area contributed by atoms with Crippen LogP contribution in [0.25, 0.3) is 17.2 Å². The minimum Gasteiger partial charge on any atom is -0.253 e. The van der Waals surface area contributed by atoms with Crippen molar-refractivity contribution < 1.29 is 0 Å². The topological polar surface area (TPSA) is 69.4 Å². The highest BCUT2D eigenvalue weighted by Gasteiger charge is 2.10. The van der Waals surface area contributed by atoms with Crippen LogP contribution in [0.1, 0.15) is 0 Å². The molecule has 0 radical (unpaired) electrons. The van der Waals surface area contributed by atoms with E-state index in [1.165, 1.54) is 4.80 Å². The van der Waals surface area contributed by atoms with Crippen LogP contribution in [0, 0.1) is 0 Å². The van der Waals surface area contributed by atoms with E-state index in [1.807, 2.05) is 18.2 Å². The fourth-order valence-electron chi connectivity index (χ4n) is 1.44. The summed E-state index contributed by atoms with van der Waals surface area (Å²) in [5.74, 6) is 0.440. The third-order valence-corrected chi connectivity index (χ3v) is 2.55. The molecule has 18 heavy (non-hydrogen) atoms. The van der Waals surface area contributed by atoms with Gasteiger partial charge in [0, 0.05) is 12.4 Å². The van der Waals surface area contributed by atoms with Gasteiger partial charge in [0.15, 0.2) is 5.15 Å². The van der Waals surface area contributed by atoms with Gasteiger partial charge >= 0.3 is 0 Å². The van der Waals surface area contributed by atoms with E-state index < -0.39 is 0 Å². The van der Waals surface area contributed by atoms with Gasteiger partial charge in [-0.25, -0.2) is 4.98 Å². The first kappa shape index (κ1) is 10.8. The van der Waals surface area contributed by atoms with E-state index in [2.05, 4.69) is 25.4 Å². The van der Waals surface area contributed by atoms with Crippen molar-refractivity contribution in [3.63, 3.8) is 0 Å². The summed E-state index contributed by atoms with van der Waals surface area (Å²) in [7, 11) is 0. The SMILES string of the molecule is Clc1ncccc1-n1nnc(-c2ccccn2)n1. The number of pyridine rings is 2. The van der Waals surface area contributed by atoms with Crippen LogP contribution in [0.4, 0.5) is 0 Å². The fourth-order valence-corrected chi connectivity index (χ4v) is 1.64. The minimum absolute atomic E-state index is 0.322. The normalized spacial score (nSPS) is 10.5. The van der Waals surface area contributed by atoms with Crippen LogP contribution < -0.4 is 0 Å². The molecule has 0 saturated carbocycles. The first-order valence-electron chi connectivity index (χ1n) is 5.17. The van der Waals surface area contributed by atoms with Gasteiger partial charge < -0.3 is 0 Å². The van der Waals surface area contributed by atoms with Crippen molar-refractivity contribution in [3.05, 3.63) is 47.9 Å². The number of rotatable bonds is 2. The van der Waals surface area contributed by atoms with E-state index in [1.54, 1.807) is 24.5 Å². The number of nitrogens with zero attached hydrogens (tertiary/aromatic N) is 6. The lowest BCUT2D eigenvalue weighted by atomic mass is 10.3. The quantitative estimate of drug-likeness (QED) is 0.655. The Morgan fingerprint density at radius 1 is 1.00 bits per heavy atom. The van der Waals surface area contributed by atoms with Crippen LogP contribution in [0.2, 0.25) is 5.15 Å². The Balaban J connectivity index is 2.03. The molecule has 0 fully saturated rings. The maximum atomic E-state index is 5.96. The van der Waals surface area contributed by atoms with Crippen molar-refractivity contribution in [3.8, 4) is 17.2 Å². The van der Waals surface area contributed by atoms with Gasteiger partial charge in [0.2, 0.25) is 5.82 Å². The zero-order valence-corrected chi connectivity index (χ0v) is 9.86. The molecule has 0 bridgehead atoms. The standard InChI is InChI=1S/C11H7ClN6/c12-10-9(5-3-7-14-10)18-16-11(15-17-18)8-4-1-2-6-13-8/h1-7H. The van der Waals surface area contributed by atoms with Crippen LogP contribution in [0.3, 0.4) is 0 Å². The van der Waals surface area contributed by atoms with E-state index in [9.17, 15) is 0 Å². The molecule has 0 aliphatic heterocycles. The summed E-state index contributed by atoms with van der Waals surface area (Å²) in [6.07, 6.45) is 3.27. The van der Waals surface area contributed by atoms with Crippen LogP contribution in [-0.4, -0.2) is 30.2 Å². The summed E-state index contributed by atoms with van der Waals surface area (Å²) >= 11 is 5.96. The van der Waals surface area contributed by atoms with Crippen LogP contribution in [0.5, 0.6) is 0 Å². The molecule has 0 spiro atoms. The Kier molecular flexibility index (Phi) is 2.70. The molecule has 0 atom stereocenters. The number of hydrogen-bond acceptors (Lipinski definition) is 5. The Hall–Kier alpha value is -2.34. The molecule has 3 aromatic rings. The summed E-state index contributed by atoms with van der Waals surface area (Å²) in [5, 5.41) is 12.4. The maximum absolute atomic E-state index is 5.96. The van der Waals surface area contributed by atoms with Crippen molar-refractivity contribution >= 4 is 11.6 Å². The molecule has 3 heterocycles. The van der Waals surface area contributed by atoms with Gasteiger partial charge in [0.05, 0.1) is 0 Å². The summed E-state index contributed by atoms with van der Waals surface area (Å²) in [4.78, 5) is 9.44. The zero-order chi connectivity index (χ0) is 12.4. The highest BCUT2D eigenvalue weighted by atomic mass is 35.5. The van der Waals surface area contributed by atoms with Crippen molar-refractivity contribution in [1.29, 1.82) is 0 Å². The van der Waals surface area contributed by atoms with E-state index in [0.717, 1.165) is 0 Å². The van der Waals surface area contributed by atoms with Gasteiger partial charge in [-0.2, -0.15) is 0 Å². The van der Waals surface area contributed by atoms with Gasteiger partial charge in [0.25, 0.3) is 0 Å². The van der Waals surface area contributed by atoms with Crippen LogP contribution in [-0.2, 0) is 0 Å². The summed E-state index contributed by atoms with van der Waals surface area (Å²) < 4.78 is 0. The smallest absolute Gasteiger partial charge is 0.223 e. The molecule has 7 heteroatoms. The monoisotopic (exact) mass is 258 g/mol. The average molecular weight is 259 g/mol. The van der Waals surface area contributed by atoms with Gasteiger partial charge in [-0.05, 0) is 29.5 Å². The highest BCUT2D eigenvalue weighted by Crippen LogP contribution is 2.16. The third kappa shape index (κ3) is 1.93. The molecule has 6 nitrogen and oxygen atoms in total. The largest absolute Gasteiger partial charge is 0.253 e. The molecule has 0 saturated heterocycles. The molecular weight excluding hydrogens is 252 g/mol. The second-order valence-electron chi connectivity index (χ2n) is 3.43. The lowest BCUT2D eigenvalue weighted by molar-refractivity contribution is 0.717. The Morgan fingerprint density at radius 3 is 2.67 bits per heavy atom. The van der Waals surface area contributed by atoms with E-state index in [-0.39, 0.29) is 0 Å². The molecule has 0 unspecified atom stereocenters. The van der Waals surface area contributed by atoms with E-state index >= 15 is 0 Å². The number of halogens is 1. The minimum atomic E-state index is 0.322. The van der Waals surface area contributed by atoms with Crippen molar-refractivity contribution in [2.24, 2.45) is 0 Å². The van der Waals surface area contributed by atoms with E-state index in [4.69, 9.17) is 11.6 Å². The molecular formula is C11H7ClN6. The molecule has 0 aliphatic rings. The lowest BCUT2D eigenvalue weighted by Gasteiger charge is -1.98. The lowest BCUT2D eigenvalue weighted by Crippen LogP contribution is -2.00. The zero-order valence-electron chi connectivity index (χ0n) is 9.10. The molecule has 0 N–H and O–H groups in total. The van der Waals surface area contributed by atoms with Crippen molar-refractivity contribution in [2.75, 3.05) is 0 Å². The maximum Gasteiger partial charge on any atom is 0.223 e. The van der Waals surface area contributed by atoms with Crippen molar-refractivity contribution in [2.45, 2.75) is 0 Å². The molecule has 0 amide bonds. The van der Waals surface area contributed by atoms with Crippen molar-refractivity contribution in [1.82, 2.24) is 30.2 Å². The summed E-state index contributed by atoms with van der Waals surface area (Å²) in [5.41, 5.74) is 1.23. The molecule has 3 rings (SSSR count). The second-order valence-corrected chi connectivity index (χ2v) is 3.79. The Morgan fingerprint density at radius 2 is 1.89 bits per heavy atom. The predicted octanol–water partition coefficient (Wildman–Crippen LogP) is 1.77. The molecule has 0 aromatic carbocycles. The third-order valence-electron chi connectivity index (χ3n) is 2.26. The van der Waals surface area contributed by atoms with Gasteiger partial charge in [0.1, 0.15) is 11.4 Å². The summed E-state index contributed by atoms with van der Waals surface area (Å²) in [6, 6.07) is 9.02. The van der Waals surface area contributed by atoms with E-state index in [0.29, 0.717) is 22.4 Å². The average Bonchev–Trinajstić information content (AvgIpc) is 2.90.